The predicted octanol–water partition coefficient (Wildman–Crippen LogP) is 3.82. The molecule has 0 atom stereocenters. The number of rotatable bonds is 5. The van der Waals surface area contributed by atoms with Crippen molar-refractivity contribution < 1.29 is 23.5 Å². The van der Waals surface area contributed by atoms with Gasteiger partial charge in [0.05, 0.1) is 19.2 Å². The van der Waals surface area contributed by atoms with Crippen molar-refractivity contribution in [3.05, 3.63) is 35.7 Å². The molecular formula is C20H27FN2O4. The molecule has 1 aromatic rings. The SMILES string of the molecule is COC(=O)CCNc1cc(C2=CCN(C(=O)OC(C)(C)C)CC2)ccc1F. The molecule has 6 nitrogen and oxygen atoms in total. The highest BCUT2D eigenvalue weighted by atomic mass is 19.1. The smallest absolute Gasteiger partial charge is 0.410 e. The topological polar surface area (TPSA) is 67.9 Å². The van der Waals surface area contributed by atoms with E-state index in [9.17, 15) is 14.0 Å². The highest BCUT2D eigenvalue weighted by molar-refractivity contribution is 5.74. The first-order chi connectivity index (χ1) is 12.7. The quantitative estimate of drug-likeness (QED) is 0.789. The fourth-order valence-electron chi connectivity index (χ4n) is 2.69. The number of anilines is 1. The number of hydrogen-bond acceptors (Lipinski definition) is 5. The van der Waals surface area contributed by atoms with Crippen LogP contribution in [0.2, 0.25) is 0 Å². The Balaban J connectivity index is 2.01. The maximum Gasteiger partial charge on any atom is 0.410 e. The number of ether oxygens (including phenoxy) is 2. The van der Waals surface area contributed by atoms with E-state index >= 15 is 0 Å². The van der Waals surface area contributed by atoms with Gasteiger partial charge in [-0.05, 0) is 50.5 Å². The van der Waals surface area contributed by atoms with E-state index in [1.54, 1.807) is 17.0 Å². The molecule has 27 heavy (non-hydrogen) atoms. The monoisotopic (exact) mass is 378 g/mol. The van der Waals surface area contributed by atoms with Crippen LogP contribution >= 0.6 is 0 Å². The van der Waals surface area contributed by atoms with Crippen molar-refractivity contribution in [3.63, 3.8) is 0 Å². The Morgan fingerprint density at radius 3 is 2.63 bits per heavy atom. The van der Waals surface area contributed by atoms with Crippen molar-refractivity contribution in [2.24, 2.45) is 0 Å². The van der Waals surface area contributed by atoms with E-state index in [1.165, 1.54) is 13.2 Å². The Hall–Kier alpha value is -2.57. The van der Waals surface area contributed by atoms with Crippen LogP contribution < -0.4 is 5.32 Å². The third kappa shape index (κ3) is 6.27. The zero-order valence-electron chi connectivity index (χ0n) is 16.3. The zero-order chi connectivity index (χ0) is 20.0. The molecule has 1 heterocycles. The molecule has 0 aliphatic carbocycles. The Kier molecular flexibility index (Phi) is 6.82. The van der Waals surface area contributed by atoms with Crippen LogP contribution in [0, 0.1) is 5.82 Å². The second kappa shape index (κ2) is 8.88. The van der Waals surface area contributed by atoms with Gasteiger partial charge in [0.15, 0.2) is 0 Å². The summed E-state index contributed by atoms with van der Waals surface area (Å²) in [4.78, 5) is 24.9. The summed E-state index contributed by atoms with van der Waals surface area (Å²) in [7, 11) is 1.32. The number of nitrogens with one attached hydrogen (secondary N) is 1. The van der Waals surface area contributed by atoms with Gasteiger partial charge in [-0.3, -0.25) is 4.79 Å². The summed E-state index contributed by atoms with van der Waals surface area (Å²) in [6.45, 7) is 6.80. The number of methoxy groups -OCH3 is 1. The van der Waals surface area contributed by atoms with E-state index in [1.807, 2.05) is 26.8 Å². The fourth-order valence-corrected chi connectivity index (χ4v) is 2.69. The van der Waals surface area contributed by atoms with Gasteiger partial charge in [-0.15, -0.1) is 0 Å². The molecule has 0 spiro atoms. The average molecular weight is 378 g/mol. The fraction of sp³-hybridized carbons (Fsp3) is 0.500. The average Bonchev–Trinajstić information content (AvgIpc) is 2.61. The molecular weight excluding hydrogens is 351 g/mol. The number of carbonyl (C=O) groups is 2. The summed E-state index contributed by atoms with van der Waals surface area (Å²) >= 11 is 0. The number of carbonyl (C=O) groups excluding carboxylic acids is 2. The van der Waals surface area contributed by atoms with Crippen LogP contribution in [0.3, 0.4) is 0 Å². The van der Waals surface area contributed by atoms with Crippen LogP contribution in [0.5, 0.6) is 0 Å². The van der Waals surface area contributed by atoms with Gasteiger partial charge in [-0.1, -0.05) is 12.1 Å². The van der Waals surface area contributed by atoms with Gasteiger partial charge in [0.2, 0.25) is 0 Å². The Labute approximate surface area is 159 Å². The third-order valence-corrected chi connectivity index (χ3v) is 4.07. The van der Waals surface area contributed by atoms with E-state index in [0.29, 0.717) is 31.7 Å². The van der Waals surface area contributed by atoms with Crippen LogP contribution in [0.1, 0.15) is 39.2 Å². The maximum atomic E-state index is 14.0. The molecule has 1 aliphatic rings. The van der Waals surface area contributed by atoms with Gasteiger partial charge in [-0.25, -0.2) is 9.18 Å². The first kappa shape index (κ1) is 20.7. The minimum absolute atomic E-state index is 0.160. The molecule has 1 N–H and O–H groups in total. The number of nitrogens with zero attached hydrogens (tertiary/aromatic N) is 1. The number of amides is 1. The molecule has 1 amide bonds. The highest BCUT2D eigenvalue weighted by Crippen LogP contribution is 2.27. The summed E-state index contributed by atoms with van der Waals surface area (Å²) in [5.41, 5.74) is 1.75. The van der Waals surface area contributed by atoms with Crippen LogP contribution in [-0.2, 0) is 14.3 Å². The lowest BCUT2D eigenvalue weighted by molar-refractivity contribution is -0.140. The molecule has 1 aliphatic heterocycles. The Bertz CT molecular complexity index is 725. The lowest BCUT2D eigenvalue weighted by Crippen LogP contribution is -2.39. The molecule has 0 fully saturated rings. The molecule has 0 bridgehead atoms. The number of hydrogen-bond donors (Lipinski definition) is 1. The number of benzene rings is 1. The molecule has 0 radical (unpaired) electrons. The van der Waals surface area contributed by atoms with Crippen molar-refractivity contribution in [3.8, 4) is 0 Å². The molecule has 148 valence electrons. The minimum atomic E-state index is -0.525. The molecule has 0 aromatic heterocycles. The molecule has 2 rings (SSSR count). The molecule has 7 heteroatoms. The second-order valence-corrected chi connectivity index (χ2v) is 7.35. The maximum absolute atomic E-state index is 14.0. The van der Waals surface area contributed by atoms with Crippen LogP contribution in [0.25, 0.3) is 5.57 Å². The van der Waals surface area contributed by atoms with E-state index < -0.39 is 5.60 Å². The summed E-state index contributed by atoms with van der Waals surface area (Å²) in [6, 6.07) is 4.84. The number of esters is 1. The van der Waals surface area contributed by atoms with Crippen LogP contribution in [-0.4, -0.2) is 49.3 Å². The summed E-state index contributed by atoms with van der Waals surface area (Å²) in [6.07, 6.45) is 2.45. The lowest BCUT2D eigenvalue weighted by Gasteiger charge is -2.29. The normalized spacial score (nSPS) is 14.4. The van der Waals surface area contributed by atoms with Gasteiger partial charge in [0, 0.05) is 19.6 Å². The minimum Gasteiger partial charge on any atom is -0.469 e. The molecule has 0 saturated heterocycles. The van der Waals surface area contributed by atoms with Gasteiger partial charge >= 0.3 is 12.1 Å². The molecule has 0 saturated carbocycles. The van der Waals surface area contributed by atoms with Gasteiger partial charge in [0.25, 0.3) is 0 Å². The van der Waals surface area contributed by atoms with Gasteiger partial charge in [-0.2, -0.15) is 0 Å². The van der Waals surface area contributed by atoms with Gasteiger partial charge < -0.3 is 19.7 Å². The van der Waals surface area contributed by atoms with Crippen molar-refractivity contribution in [2.45, 2.75) is 39.2 Å². The van der Waals surface area contributed by atoms with E-state index in [-0.39, 0.29) is 24.3 Å². The molecule has 0 unspecified atom stereocenters. The second-order valence-electron chi connectivity index (χ2n) is 7.35. The summed E-state index contributed by atoms with van der Waals surface area (Å²) in [5.74, 6) is -0.730. The third-order valence-electron chi connectivity index (χ3n) is 4.07. The van der Waals surface area contributed by atoms with Crippen LogP contribution in [0.15, 0.2) is 24.3 Å². The Morgan fingerprint density at radius 1 is 1.30 bits per heavy atom. The van der Waals surface area contributed by atoms with E-state index in [0.717, 1.165) is 11.1 Å². The van der Waals surface area contributed by atoms with E-state index in [2.05, 4.69) is 10.1 Å². The standard InChI is InChI=1S/C20H27FN2O4/c1-20(2,3)27-19(25)23-11-8-14(9-12-23)15-5-6-16(21)17(13-15)22-10-7-18(24)26-4/h5-6,8,13,22H,7,9-12H2,1-4H3. The first-order valence-corrected chi connectivity index (χ1v) is 8.97. The van der Waals surface area contributed by atoms with Crippen LogP contribution in [0.4, 0.5) is 14.9 Å². The summed E-state index contributed by atoms with van der Waals surface area (Å²) in [5, 5.41) is 2.92. The van der Waals surface area contributed by atoms with E-state index in [4.69, 9.17) is 4.74 Å². The Morgan fingerprint density at radius 2 is 2.04 bits per heavy atom. The van der Waals surface area contributed by atoms with Gasteiger partial charge in [0.1, 0.15) is 11.4 Å². The number of halogens is 1. The van der Waals surface area contributed by atoms with Crippen molar-refractivity contribution in [1.82, 2.24) is 4.90 Å². The van der Waals surface area contributed by atoms with Crippen molar-refractivity contribution in [1.29, 1.82) is 0 Å². The largest absolute Gasteiger partial charge is 0.469 e. The first-order valence-electron chi connectivity index (χ1n) is 8.97. The zero-order valence-corrected chi connectivity index (χ0v) is 16.3. The highest BCUT2D eigenvalue weighted by Gasteiger charge is 2.24. The lowest BCUT2D eigenvalue weighted by atomic mass is 9.99. The predicted molar refractivity (Wildman–Crippen MR) is 102 cm³/mol. The van der Waals surface area contributed by atoms with Crippen molar-refractivity contribution >= 4 is 23.3 Å². The summed E-state index contributed by atoms with van der Waals surface area (Å²) < 4.78 is 24.0. The van der Waals surface area contributed by atoms with Crippen molar-refractivity contribution in [2.75, 3.05) is 32.1 Å². The molecule has 1 aromatic carbocycles.